The Morgan fingerprint density at radius 1 is 1.43 bits per heavy atom. The van der Waals surface area contributed by atoms with E-state index in [0.717, 1.165) is 34.5 Å². The Morgan fingerprint density at radius 3 is 2.76 bits per heavy atom. The van der Waals surface area contributed by atoms with Gasteiger partial charge in [-0.25, -0.2) is 4.79 Å². The molecule has 1 heterocycles. The minimum atomic E-state index is -0.506. The monoisotopic (exact) mass is 307 g/mol. The second-order valence-electron chi connectivity index (χ2n) is 6.15. The first-order chi connectivity index (χ1) is 9.81. The van der Waals surface area contributed by atoms with Crippen LogP contribution in [0.15, 0.2) is 17.0 Å². The molecule has 5 heteroatoms. The van der Waals surface area contributed by atoms with Crippen molar-refractivity contribution < 1.29 is 14.3 Å². The van der Waals surface area contributed by atoms with E-state index in [9.17, 15) is 9.59 Å². The second kappa shape index (κ2) is 6.10. The van der Waals surface area contributed by atoms with Gasteiger partial charge in [0.15, 0.2) is 0 Å². The predicted octanol–water partition coefficient (Wildman–Crippen LogP) is 3.87. The number of hydrogen-bond donors (Lipinski definition) is 1. The molecule has 1 aromatic rings. The van der Waals surface area contributed by atoms with Crippen LogP contribution < -0.4 is 5.32 Å². The van der Waals surface area contributed by atoms with E-state index >= 15 is 0 Å². The van der Waals surface area contributed by atoms with Crippen LogP contribution in [0.5, 0.6) is 0 Å². The third-order valence-corrected chi connectivity index (χ3v) is 4.59. The number of thioether (sulfide) groups is 1. The molecule has 1 atom stereocenters. The molecule has 1 N–H and O–H groups in total. The number of carbonyl (C=O) groups excluding carboxylic acids is 2. The fourth-order valence-electron chi connectivity index (χ4n) is 2.36. The number of fused-ring (bicyclic) bond motifs is 1. The maximum atomic E-state index is 11.9. The molecule has 4 nitrogen and oxygen atoms in total. The molecule has 0 radical (unpaired) electrons. The van der Waals surface area contributed by atoms with Crippen LogP contribution in [0.25, 0.3) is 0 Å². The molecule has 0 saturated carbocycles. The van der Waals surface area contributed by atoms with Crippen molar-refractivity contribution in [1.82, 2.24) is 5.32 Å². The summed E-state index contributed by atoms with van der Waals surface area (Å²) in [5.41, 5.74) is 2.26. The molecule has 0 aliphatic carbocycles. The van der Waals surface area contributed by atoms with Gasteiger partial charge in [0.05, 0.1) is 6.04 Å². The molecule has 0 bridgehead atoms. The first kappa shape index (κ1) is 15.9. The minimum Gasteiger partial charge on any atom is -0.444 e. The van der Waals surface area contributed by atoms with Crippen LogP contribution in [0, 0.1) is 6.92 Å². The second-order valence-corrected chi connectivity index (χ2v) is 7.26. The molecule has 1 aromatic carbocycles. The largest absolute Gasteiger partial charge is 0.444 e. The van der Waals surface area contributed by atoms with Gasteiger partial charge >= 0.3 is 6.09 Å². The van der Waals surface area contributed by atoms with Crippen LogP contribution in [0.2, 0.25) is 0 Å². The Hall–Kier alpha value is -1.49. The zero-order valence-corrected chi connectivity index (χ0v) is 13.7. The average molecular weight is 307 g/mol. The number of nitrogens with one attached hydrogen (secondary N) is 1. The first-order valence-electron chi connectivity index (χ1n) is 7.03. The van der Waals surface area contributed by atoms with Crippen molar-refractivity contribution in [2.75, 3.05) is 5.75 Å². The molecule has 21 heavy (non-hydrogen) atoms. The highest BCUT2D eigenvalue weighted by Gasteiger charge is 2.26. The fourth-order valence-corrected chi connectivity index (χ4v) is 3.62. The van der Waals surface area contributed by atoms with Gasteiger partial charge in [0.25, 0.3) is 0 Å². The average Bonchev–Trinajstić information content (AvgIpc) is 2.38. The Labute approximate surface area is 129 Å². The molecule has 1 unspecified atom stereocenters. The van der Waals surface area contributed by atoms with Gasteiger partial charge in [-0.2, -0.15) is 0 Å². The van der Waals surface area contributed by atoms with Crippen LogP contribution in [0.4, 0.5) is 4.79 Å². The summed E-state index contributed by atoms with van der Waals surface area (Å²) in [5.74, 6) is 0.913. The van der Waals surface area contributed by atoms with Crippen LogP contribution in [0.1, 0.15) is 54.7 Å². The molecule has 0 aromatic heterocycles. The van der Waals surface area contributed by atoms with E-state index in [1.54, 1.807) is 11.8 Å². The zero-order chi connectivity index (χ0) is 15.6. The Morgan fingerprint density at radius 2 is 2.14 bits per heavy atom. The number of rotatable bonds is 2. The van der Waals surface area contributed by atoms with E-state index in [4.69, 9.17) is 4.74 Å². The van der Waals surface area contributed by atoms with E-state index < -0.39 is 11.7 Å². The maximum absolute atomic E-state index is 11.9. The van der Waals surface area contributed by atoms with Gasteiger partial charge in [0.2, 0.25) is 0 Å². The molecule has 0 fully saturated rings. The summed E-state index contributed by atoms with van der Waals surface area (Å²) in [6, 6.07) is 3.69. The van der Waals surface area contributed by atoms with Gasteiger partial charge in [-0.3, -0.25) is 4.79 Å². The normalized spacial score (nSPS) is 17.8. The topological polar surface area (TPSA) is 55.4 Å². The summed E-state index contributed by atoms with van der Waals surface area (Å²) in [7, 11) is 0. The van der Waals surface area contributed by atoms with E-state index in [0.29, 0.717) is 5.56 Å². The smallest absolute Gasteiger partial charge is 0.408 e. The molecule has 114 valence electrons. The number of aldehydes is 1. The Bertz CT molecular complexity index is 563. The number of benzene rings is 1. The van der Waals surface area contributed by atoms with Gasteiger partial charge in [0.1, 0.15) is 11.9 Å². The highest BCUT2D eigenvalue weighted by molar-refractivity contribution is 7.99. The number of alkyl carbamates (subject to hydrolysis) is 1. The lowest BCUT2D eigenvalue weighted by atomic mass is 9.98. The van der Waals surface area contributed by atoms with Crippen molar-refractivity contribution in [3.8, 4) is 0 Å². The van der Waals surface area contributed by atoms with Crippen molar-refractivity contribution in [2.24, 2.45) is 0 Å². The van der Waals surface area contributed by atoms with Gasteiger partial charge in [-0.15, -0.1) is 11.8 Å². The number of hydrogen-bond acceptors (Lipinski definition) is 4. The summed E-state index contributed by atoms with van der Waals surface area (Å²) in [5, 5.41) is 2.93. The molecule has 2 rings (SSSR count). The van der Waals surface area contributed by atoms with Gasteiger partial charge < -0.3 is 10.1 Å². The number of carbonyl (C=O) groups is 2. The van der Waals surface area contributed by atoms with Gasteiger partial charge in [0, 0.05) is 16.2 Å². The van der Waals surface area contributed by atoms with Crippen LogP contribution >= 0.6 is 11.8 Å². The molecule has 1 amide bonds. The van der Waals surface area contributed by atoms with Crippen LogP contribution in [-0.2, 0) is 4.74 Å². The molecule has 1 aliphatic rings. The molecular formula is C16H21NO3S. The van der Waals surface area contributed by atoms with Crippen LogP contribution in [0.3, 0.4) is 0 Å². The highest BCUT2D eigenvalue weighted by atomic mass is 32.2. The van der Waals surface area contributed by atoms with Gasteiger partial charge in [-0.05, 0) is 45.2 Å². The molecule has 0 spiro atoms. The lowest BCUT2D eigenvalue weighted by Crippen LogP contribution is -2.36. The Balaban J connectivity index is 2.21. The predicted molar refractivity (Wildman–Crippen MR) is 84.0 cm³/mol. The minimum absolute atomic E-state index is 0.0597. The van der Waals surface area contributed by atoms with Gasteiger partial charge in [-0.1, -0.05) is 12.1 Å². The van der Waals surface area contributed by atoms with Crippen molar-refractivity contribution in [3.63, 3.8) is 0 Å². The molecular weight excluding hydrogens is 286 g/mol. The van der Waals surface area contributed by atoms with E-state index in [1.807, 2.05) is 39.8 Å². The van der Waals surface area contributed by atoms with Crippen LogP contribution in [-0.4, -0.2) is 23.7 Å². The van der Waals surface area contributed by atoms with Crippen molar-refractivity contribution >= 4 is 24.1 Å². The quantitative estimate of drug-likeness (QED) is 0.843. The standard InChI is InChI=1S/C16H21NO3S/c1-10-11(9-18)5-6-12-13(7-8-21-14(10)12)17-15(19)20-16(2,3)4/h5-6,9,13H,7-8H2,1-4H3,(H,17,19). The fraction of sp³-hybridized carbons (Fsp3) is 0.500. The van der Waals surface area contributed by atoms with Crippen molar-refractivity contribution in [3.05, 3.63) is 28.8 Å². The SMILES string of the molecule is Cc1c(C=O)ccc2c1SCCC2NC(=O)OC(C)(C)C. The maximum Gasteiger partial charge on any atom is 0.408 e. The first-order valence-corrected chi connectivity index (χ1v) is 8.01. The third-order valence-electron chi connectivity index (χ3n) is 3.32. The molecule has 0 saturated heterocycles. The Kier molecular flexibility index (Phi) is 4.61. The van der Waals surface area contributed by atoms with Crippen molar-refractivity contribution in [2.45, 2.75) is 50.7 Å². The third kappa shape index (κ3) is 3.79. The number of ether oxygens (including phenoxy) is 1. The highest BCUT2D eigenvalue weighted by Crippen LogP contribution is 2.39. The van der Waals surface area contributed by atoms with E-state index in [-0.39, 0.29) is 6.04 Å². The lowest BCUT2D eigenvalue weighted by molar-refractivity contribution is 0.0501. The summed E-state index contributed by atoms with van der Waals surface area (Å²) in [4.78, 5) is 24.1. The summed E-state index contributed by atoms with van der Waals surface area (Å²) in [6.07, 6.45) is 1.33. The van der Waals surface area contributed by atoms with E-state index in [2.05, 4.69) is 5.32 Å². The lowest BCUT2D eigenvalue weighted by Gasteiger charge is -2.29. The summed E-state index contributed by atoms with van der Waals surface area (Å²) >= 11 is 1.74. The summed E-state index contributed by atoms with van der Waals surface area (Å²) < 4.78 is 5.32. The molecule has 1 aliphatic heterocycles. The number of amides is 1. The zero-order valence-electron chi connectivity index (χ0n) is 12.9. The van der Waals surface area contributed by atoms with E-state index in [1.165, 1.54) is 0 Å². The van der Waals surface area contributed by atoms with Crippen molar-refractivity contribution in [1.29, 1.82) is 0 Å². The summed E-state index contributed by atoms with van der Waals surface area (Å²) in [6.45, 7) is 7.48.